The van der Waals surface area contributed by atoms with E-state index in [1.54, 1.807) is 6.07 Å². The summed E-state index contributed by atoms with van der Waals surface area (Å²) in [6.07, 6.45) is 1.82. The normalized spacial score (nSPS) is 14.2. The van der Waals surface area contributed by atoms with Crippen LogP contribution in [0.4, 0.5) is 38.5 Å². The Morgan fingerprint density at radius 2 is 1.11 bits per heavy atom. The number of aromatic nitrogens is 3. The molecule has 0 amide bonds. The standard InChI is InChI=1S/C74H78BN4S.C13H11FN.Ir/c1-42(2)50-26-22-27-51(43(3)4)65(50)79-66-52(28-23-29-57(66)76-69(79)44-24-20-19-21-25-44)45-34-60-64-61(35-45)78-59-33-31-47(71(8,9)10)40-62(59)80-63-41-49(73(14,15)16)39-56(68(63)78)75(64)55-38-48(72(11,12)13)37-54-67(55)77(60)58-32-30-46(70(5,6)7)36-53(58)74(54,17)18;1-9-7-13(15-8-10(9)2)11-3-5-12(14)6-4-11;/h19-24,26-43H,1-18H3;3,5-8H,1-2H3;/q2*-1;. The number of pyridine rings is 1. The molecule has 0 unspecified atom stereocenters. The Hall–Kier alpha value is -7.81. The van der Waals surface area contributed by atoms with Gasteiger partial charge in [0.15, 0.2) is 0 Å². The summed E-state index contributed by atoms with van der Waals surface area (Å²) in [7, 11) is 0. The van der Waals surface area contributed by atoms with Crippen LogP contribution < -0.4 is 26.2 Å². The Morgan fingerprint density at radius 1 is 0.531 bits per heavy atom. The molecule has 96 heavy (non-hydrogen) atoms. The molecule has 9 aromatic carbocycles. The molecule has 0 saturated heterocycles. The molecule has 6 heterocycles. The van der Waals surface area contributed by atoms with Crippen molar-refractivity contribution in [3.05, 3.63) is 238 Å². The summed E-state index contributed by atoms with van der Waals surface area (Å²) < 4.78 is 15.2. The van der Waals surface area contributed by atoms with Crippen LogP contribution in [-0.4, -0.2) is 21.2 Å². The van der Waals surface area contributed by atoms with E-state index >= 15 is 0 Å². The number of rotatable bonds is 6. The second-order valence-electron chi connectivity index (χ2n) is 32.4. The van der Waals surface area contributed by atoms with Gasteiger partial charge in [-0.2, -0.15) is 0 Å². The van der Waals surface area contributed by atoms with E-state index in [0.717, 1.165) is 50.4 Å². The average Bonchev–Trinajstić information content (AvgIpc) is 0.755. The number of aryl methyl sites for hydroxylation is 2. The molecule has 4 aliphatic heterocycles. The zero-order chi connectivity index (χ0) is 67.5. The number of anilines is 6. The van der Waals surface area contributed by atoms with Crippen molar-refractivity contribution < 1.29 is 24.5 Å². The van der Waals surface area contributed by atoms with E-state index in [4.69, 9.17) is 4.98 Å². The van der Waals surface area contributed by atoms with Crippen molar-refractivity contribution >= 4 is 80.0 Å². The maximum atomic E-state index is 12.7. The molecule has 0 bridgehead atoms. The van der Waals surface area contributed by atoms with E-state index in [1.807, 2.05) is 43.9 Å². The predicted molar refractivity (Wildman–Crippen MR) is 402 cm³/mol. The van der Waals surface area contributed by atoms with Crippen molar-refractivity contribution in [2.24, 2.45) is 0 Å². The topological polar surface area (TPSA) is 37.2 Å². The summed E-state index contributed by atoms with van der Waals surface area (Å²) in [5.74, 6) is 1.17. The Bertz CT molecular complexity index is 4910. The first kappa shape index (κ1) is 66.8. The van der Waals surface area contributed by atoms with Gasteiger partial charge in [0, 0.05) is 75.6 Å². The minimum absolute atomic E-state index is 0. The SMILES string of the molecule is CC(C)c1cccc(C(C)C)c1-n1c(-c2[c-]cccc2)nc2cccc(-c3cc4c5c(c3)N3c6ccc(C(C)(C)C)cc6C(C)(C)c6cc(C(C)(C)C)cc(c63)B5c3cc(C(C)(C)C)cc5c3N4c3ccc(C(C)(C)C)cc3S5)c21.Cc1cnc(-c2[c-]cc(F)cc2)cc1C.[Ir]. The van der Waals surface area contributed by atoms with Crippen LogP contribution in [0.25, 0.3) is 50.5 Å². The first-order valence-electron chi connectivity index (χ1n) is 34.2. The molecule has 0 N–H and O–H groups in total. The fourth-order valence-corrected chi connectivity index (χ4v) is 16.1. The summed E-state index contributed by atoms with van der Waals surface area (Å²) in [5.41, 5.74) is 32.6. The largest absolute Gasteiger partial charge is 0.332 e. The number of imidazole rings is 1. The van der Waals surface area contributed by atoms with Crippen LogP contribution >= 0.6 is 11.8 Å². The van der Waals surface area contributed by atoms with Gasteiger partial charge in [0.25, 0.3) is 6.71 Å². The molecule has 2 aromatic heterocycles. The number of hydrogen-bond acceptors (Lipinski definition) is 5. The van der Waals surface area contributed by atoms with E-state index < -0.39 is 0 Å². The molecule has 1 radical (unpaired) electrons. The maximum Gasteiger partial charge on any atom is 0.252 e. The summed E-state index contributed by atoms with van der Waals surface area (Å²) >= 11 is 1.96. The molecule has 0 spiro atoms. The molecule has 9 heteroatoms. The van der Waals surface area contributed by atoms with E-state index in [1.165, 1.54) is 128 Å². The van der Waals surface area contributed by atoms with E-state index in [0.29, 0.717) is 0 Å². The van der Waals surface area contributed by atoms with Crippen molar-refractivity contribution in [3.8, 4) is 39.5 Å². The van der Waals surface area contributed by atoms with Gasteiger partial charge in [-0.05, 0) is 168 Å². The summed E-state index contributed by atoms with van der Waals surface area (Å²) in [6, 6.07) is 65.2. The van der Waals surface area contributed by atoms with Crippen molar-refractivity contribution in [3.63, 3.8) is 0 Å². The number of hydrogen-bond donors (Lipinski definition) is 0. The predicted octanol–water partition coefficient (Wildman–Crippen LogP) is 22.1. The van der Waals surface area contributed by atoms with Gasteiger partial charge in [0.05, 0.1) is 33.9 Å². The molecule has 4 aliphatic rings. The molecule has 5 nitrogen and oxygen atoms in total. The number of halogens is 1. The second-order valence-corrected chi connectivity index (χ2v) is 33.5. The third kappa shape index (κ3) is 11.1. The molecular weight excluding hydrogens is 1370 g/mol. The quantitative estimate of drug-likeness (QED) is 0.123. The molecule has 0 atom stereocenters. The zero-order valence-electron chi connectivity index (χ0n) is 59.7. The first-order chi connectivity index (χ1) is 44.8. The molecule has 11 aromatic rings. The van der Waals surface area contributed by atoms with Crippen LogP contribution in [0.15, 0.2) is 174 Å². The van der Waals surface area contributed by atoms with Crippen LogP contribution in [-0.2, 0) is 47.2 Å². The van der Waals surface area contributed by atoms with Gasteiger partial charge >= 0.3 is 0 Å². The monoisotopic (exact) mass is 1460 g/mol. The molecule has 0 saturated carbocycles. The third-order valence-corrected chi connectivity index (χ3v) is 21.7. The summed E-state index contributed by atoms with van der Waals surface area (Å²) in [6.45, 7) is 46.7. The van der Waals surface area contributed by atoms with Gasteiger partial charge in [-0.3, -0.25) is 9.37 Å². The Kier molecular flexibility index (Phi) is 16.5. The van der Waals surface area contributed by atoms with Crippen molar-refractivity contribution in [2.45, 2.75) is 187 Å². The average molecular weight is 1460 g/mol. The molecule has 489 valence electrons. The third-order valence-electron chi connectivity index (χ3n) is 20.6. The summed E-state index contributed by atoms with van der Waals surface area (Å²) in [5, 5.41) is 0. The van der Waals surface area contributed by atoms with Crippen LogP contribution in [0.3, 0.4) is 0 Å². The van der Waals surface area contributed by atoms with Gasteiger partial charge in [-0.25, -0.2) is 0 Å². The molecule has 0 aliphatic carbocycles. The van der Waals surface area contributed by atoms with Crippen molar-refractivity contribution in [1.29, 1.82) is 0 Å². The van der Waals surface area contributed by atoms with Crippen molar-refractivity contribution in [1.82, 2.24) is 14.5 Å². The molecule has 0 fully saturated rings. The zero-order valence-corrected chi connectivity index (χ0v) is 62.9. The van der Waals surface area contributed by atoms with Gasteiger partial charge in [-0.1, -0.05) is 215 Å². The number of fused-ring (bicyclic) bond motifs is 9. The van der Waals surface area contributed by atoms with Gasteiger partial charge in [0.1, 0.15) is 0 Å². The minimum Gasteiger partial charge on any atom is -0.332 e. The van der Waals surface area contributed by atoms with Crippen LogP contribution in [0, 0.1) is 31.8 Å². The van der Waals surface area contributed by atoms with Crippen LogP contribution in [0.5, 0.6) is 0 Å². The Morgan fingerprint density at radius 3 is 1.71 bits per heavy atom. The number of para-hydroxylation sites is 2. The number of benzene rings is 9. The van der Waals surface area contributed by atoms with E-state index in [9.17, 15) is 4.39 Å². The minimum atomic E-state index is -0.301. The van der Waals surface area contributed by atoms with Gasteiger partial charge in [-0.15, -0.1) is 65.7 Å². The van der Waals surface area contributed by atoms with Crippen molar-refractivity contribution in [2.75, 3.05) is 9.80 Å². The van der Waals surface area contributed by atoms with E-state index in [-0.39, 0.29) is 71.5 Å². The Balaban J connectivity index is 0.000000459. The Labute approximate surface area is 588 Å². The fourth-order valence-electron chi connectivity index (χ4n) is 14.9. The van der Waals surface area contributed by atoms with E-state index in [2.05, 4.69) is 284 Å². The maximum absolute atomic E-state index is 12.7. The first-order valence-corrected chi connectivity index (χ1v) is 35.0. The molecular formula is C87H89BFIrN5S-2. The van der Waals surface area contributed by atoms with Gasteiger partial charge < -0.3 is 19.4 Å². The van der Waals surface area contributed by atoms with Crippen LogP contribution in [0.1, 0.15) is 192 Å². The van der Waals surface area contributed by atoms with Gasteiger partial charge in [0.2, 0.25) is 0 Å². The van der Waals surface area contributed by atoms with Crippen LogP contribution in [0.2, 0.25) is 0 Å². The number of nitrogens with zero attached hydrogens (tertiary/aromatic N) is 5. The fraction of sp³-hybridized carbons (Fsp3) is 0.310. The summed E-state index contributed by atoms with van der Waals surface area (Å²) in [4.78, 5) is 18.0. The molecule has 15 rings (SSSR count). The second kappa shape index (κ2) is 23.7. The smallest absolute Gasteiger partial charge is 0.252 e.